The summed E-state index contributed by atoms with van der Waals surface area (Å²) in [7, 11) is 0. The van der Waals surface area contributed by atoms with Crippen molar-refractivity contribution in [2.75, 3.05) is 6.54 Å². The number of hydrogen-bond acceptors (Lipinski definition) is 4. The van der Waals surface area contributed by atoms with E-state index in [1.165, 1.54) is 12.6 Å². The maximum atomic E-state index is 11.7. The third-order valence-corrected chi connectivity index (χ3v) is 3.20. The van der Waals surface area contributed by atoms with E-state index in [2.05, 4.69) is 22.4 Å². The van der Waals surface area contributed by atoms with Gasteiger partial charge in [0.05, 0.1) is 0 Å². The smallest absolute Gasteiger partial charge is 0.269 e. The first-order valence-corrected chi connectivity index (χ1v) is 5.84. The lowest BCUT2D eigenvalue weighted by atomic mass is 10.2. The van der Waals surface area contributed by atoms with Gasteiger partial charge < -0.3 is 16.3 Å². The van der Waals surface area contributed by atoms with Crippen LogP contribution in [0.15, 0.2) is 23.5 Å². The molecule has 2 rings (SSSR count). The topological polar surface area (TPSA) is 101 Å². The van der Waals surface area contributed by atoms with Crippen molar-refractivity contribution in [2.45, 2.75) is 13.3 Å². The molecule has 4 N–H and O–H groups in total. The Morgan fingerprint density at radius 3 is 2.89 bits per heavy atom. The molecule has 1 aromatic rings. The number of amidine groups is 1. The van der Waals surface area contributed by atoms with Gasteiger partial charge in [-0.15, -0.1) is 0 Å². The van der Waals surface area contributed by atoms with Crippen LogP contribution in [-0.4, -0.2) is 28.5 Å². The van der Waals surface area contributed by atoms with E-state index < -0.39 is 0 Å². The van der Waals surface area contributed by atoms with Gasteiger partial charge in [-0.2, -0.15) is 0 Å². The molecular formula is C12H16N4O2. The van der Waals surface area contributed by atoms with Crippen LogP contribution in [0.25, 0.3) is 0 Å². The summed E-state index contributed by atoms with van der Waals surface area (Å²) in [5, 5.41) is 14.2. The molecule has 1 aromatic heterocycles. The first-order valence-electron chi connectivity index (χ1n) is 5.84. The van der Waals surface area contributed by atoms with Crippen molar-refractivity contribution < 1.29 is 10.0 Å². The highest BCUT2D eigenvalue weighted by Crippen LogP contribution is 2.36. The number of carbonyl (C=O) groups excluding carboxylic acids is 1. The molecule has 1 amide bonds. The number of oxime groups is 1. The Balaban J connectivity index is 1.94. The van der Waals surface area contributed by atoms with Crippen molar-refractivity contribution >= 4 is 11.7 Å². The lowest BCUT2D eigenvalue weighted by molar-refractivity contribution is 0.0946. The van der Waals surface area contributed by atoms with Crippen LogP contribution in [-0.2, 0) is 0 Å². The van der Waals surface area contributed by atoms with Gasteiger partial charge in [-0.25, -0.2) is 0 Å². The predicted octanol–water partition coefficient (Wildman–Crippen LogP) is 0.562. The summed E-state index contributed by atoms with van der Waals surface area (Å²) >= 11 is 0. The highest BCUT2D eigenvalue weighted by molar-refractivity contribution is 5.98. The fraction of sp³-hybridized carbons (Fsp3) is 0.417. The first-order chi connectivity index (χ1) is 8.61. The minimum absolute atomic E-state index is 0.0266. The number of nitrogens with one attached hydrogen (secondary N) is 1. The van der Waals surface area contributed by atoms with E-state index in [1.807, 2.05) is 0 Å². The molecule has 0 aromatic carbocycles. The van der Waals surface area contributed by atoms with Crippen molar-refractivity contribution in [1.82, 2.24) is 10.3 Å². The van der Waals surface area contributed by atoms with Crippen LogP contribution in [0.1, 0.15) is 29.4 Å². The summed E-state index contributed by atoms with van der Waals surface area (Å²) in [5.74, 6) is 1.09. The van der Waals surface area contributed by atoms with E-state index in [4.69, 9.17) is 10.9 Å². The van der Waals surface area contributed by atoms with E-state index in [9.17, 15) is 4.79 Å². The summed E-state index contributed by atoms with van der Waals surface area (Å²) in [6.45, 7) is 2.87. The number of amides is 1. The molecule has 0 spiro atoms. The highest BCUT2D eigenvalue weighted by atomic mass is 16.4. The molecule has 1 aliphatic carbocycles. The SMILES string of the molecule is CC1CC1CNC(=O)c1ccc(/C(N)=N/O)cn1. The number of pyridine rings is 1. The fourth-order valence-electron chi connectivity index (χ4n) is 1.74. The second-order valence-corrected chi connectivity index (χ2v) is 4.60. The second kappa shape index (κ2) is 5.03. The van der Waals surface area contributed by atoms with Crippen molar-refractivity contribution in [1.29, 1.82) is 0 Å². The molecule has 6 heteroatoms. The third kappa shape index (κ3) is 2.77. The van der Waals surface area contributed by atoms with Crippen LogP contribution in [0, 0.1) is 11.8 Å². The zero-order valence-electron chi connectivity index (χ0n) is 10.1. The quantitative estimate of drug-likeness (QED) is 0.314. The molecule has 1 heterocycles. The molecule has 0 aliphatic heterocycles. The molecule has 1 aliphatic rings. The van der Waals surface area contributed by atoms with Gasteiger partial charge in [0.25, 0.3) is 5.91 Å². The maximum Gasteiger partial charge on any atom is 0.269 e. The van der Waals surface area contributed by atoms with Crippen molar-refractivity contribution in [3.8, 4) is 0 Å². The van der Waals surface area contributed by atoms with E-state index in [0.29, 0.717) is 29.6 Å². The molecule has 1 fully saturated rings. The van der Waals surface area contributed by atoms with Crippen LogP contribution in [0.3, 0.4) is 0 Å². The molecule has 1 saturated carbocycles. The van der Waals surface area contributed by atoms with Gasteiger partial charge in [0, 0.05) is 18.3 Å². The molecule has 2 unspecified atom stereocenters. The molecule has 18 heavy (non-hydrogen) atoms. The van der Waals surface area contributed by atoms with Crippen molar-refractivity contribution in [3.05, 3.63) is 29.6 Å². The average molecular weight is 248 g/mol. The Hall–Kier alpha value is -2.11. The monoisotopic (exact) mass is 248 g/mol. The molecular weight excluding hydrogens is 232 g/mol. The lowest BCUT2D eigenvalue weighted by Crippen LogP contribution is -2.27. The summed E-state index contributed by atoms with van der Waals surface area (Å²) in [6, 6.07) is 3.15. The normalized spacial score (nSPS) is 22.6. The van der Waals surface area contributed by atoms with Crippen molar-refractivity contribution in [2.24, 2.45) is 22.7 Å². The lowest BCUT2D eigenvalue weighted by Gasteiger charge is -2.04. The molecule has 2 atom stereocenters. The van der Waals surface area contributed by atoms with Crippen LogP contribution < -0.4 is 11.1 Å². The predicted molar refractivity (Wildman–Crippen MR) is 66.4 cm³/mol. The molecule has 0 saturated heterocycles. The number of carbonyl (C=O) groups is 1. The third-order valence-electron chi connectivity index (χ3n) is 3.20. The summed E-state index contributed by atoms with van der Waals surface area (Å²) in [5.41, 5.74) is 6.21. The maximum absolute atomic E-state index is 11.7. The Morgan fingerprint density at radius 2 is 2.39 bits per heavy atom. The molecule has 0 radical (unpaired) electrons. The zero-order valence-corrected chi connectivity index (χ0v) is 10.1. The summed E-state index contributed by atoms with van der Waals surface area (Å²) < 4.78 is 0. The number of rotatable bonds is 4. The standard InChI is InChI=1S/C12H16N4O2/c1-7-4-9(7)6-15-12(17)10-3-2-8(5-14-10)11(13)16-18/h2-3,5,7,9,18H,4,6H2,1H3,(H2,13,16)(H,15,17). The van der Waals surface area contributed by atoms with E-state index in [1.54, 1.807) is 12.1 Å². The first kappa shape index (κ1) is 12.3. The van der Waals surface area contributed by atoms with Gasteiger partial charge in [0.15, 0.2) is 5.84 Å². The highest BCUT2D eigenvalue weighted by Gasteiger charge is 2.32. The van der Waals surface area contributed by atoms with Crippen LogP contribution >= 0.6 is 0 Å². The Labute approximate surface area is 105 Å². The molecule has 96 valence electrons. The number of aromatic nitrogens is 1. The van der Waals surface area contributed by atoms with Gasteiger partial charge in [0.1, 0.15) is 5.69 Å². The fourth-order valence-corrected chi connectivity index (χ4v) is 1.74. The Morgan fingerprint density at radius 1 is 1.67 bits per heavy atom. The van der Waals surface area contributed by atoms with E-state index in [-0.39, 0.29) is 11.7 Å². The summed E-state index contributed by atoms with van der Waals surface area (Å²) in [4.78, 5) is 15.7. The molecule has 6 nitrogen and oxygen atoms in total. The zero-order chi connectivity index (χ0) is 13.1. The van der Waals surface area contributed by atoms with Crippen LogP contribution in [0.5, 0.6) is 0 Å². The van der Waals surface area contributed by atoms with Gasteiger partial charge in [-0.1, -0.05) is 12.1 Å². The van der Waals surface area contributed by atoms with Gasteiger partial charge in [0.2, 0.25) is 0 Å². The van der Waals surface area contributed by atoms with Crippen LogP contribution in [0.2, 0.25) is 0 Å². The van der Waals surface area contributed by atoms with Gasteiger partial charge in [-0.3, -0.25) is 9.78 Å². The van der Waals surface area contributed by atoms with Gasteiger partial charge >= 0.3 is 0 Å². The van der Waals surface area contributed by atoms with E-state index in [0.717, 1.165) is 0 Å². The number of nitrogens with zero attached hydrogens (tertiary/aromatic N) is 2. The minimum atomic E-state index is -0.194. The number of hydrogen-bond donors (Lipinski definition) is 3. The summed E-state index contributed by atoms with van der Waals surface area (Å²) in [6.07, 6.45) is 2.58. The Kier molecular flexibility index (Phi) is 3.45. The van der Waals surface area contributed by atoms with Gasteiger partial charge in [-0.05, 0) is 30.4 Å². The number of nitrogens with two attached hydrogens (primary N) is 1. The largest absolute Gasteiger partial charge is 0.409 e. The molecule has 0 bridgehead atoms. The van der Waals surface area contributed by atoms with Crippen molar-refractivity contribution in [3.63, 3.8) is 0 Å². The average Bonchev–Trinajstić information content (AvgIpc) is 3.11. The second-order valence-electron chi connectivity index (χ2n) is 4.60. The minimum Gasteiger partial charge on any atom is -0.409 e. The van der Waals surface area contributed by atoms with Crippen LogP contribution in [0.4, 0.5) is 0 Å². The Bertz CT molecular complexity index is 469. The van der Waals surface area contributed by atoms with E-state index >= 15 is 0 Å².